The van der Waals surface area contributed by atoms with E-state index in [0.29, 0.717) is 101 Å². The van der Waals surface area contributed by atoms with E-state index in [0.717, 1.165) is 43.8 Å². The van der Waals surface area contributed by atoms with Crippen molar-refractivity contribution < 1.29 is 88.3 Å². The summed E-state index contributed by atoms with van der Waals surface area (Å²) in [5, 5.41) is 8.07. The second-order valence-corrected chi connectivity index (χ2v) is 31.1. The zero-order valence-corrected chi connectivity index (χ0v) is 62.2. The Morgan fingerprint density at radius 3 is 1.77 bits per heavy atom. The fourth-order valence-corrected chi connectivity index (χ4v) is 16.7. The van der Waals surface area contributed by atoms with Crippen LogP contribution in [0.1, 0.15) is 188 Å². The van der Waals surface area contributed by atoms with Crippen molar-refractivity contribution in [3.8, 4) is 0 Å². The minimum atomic E-state index is -5.23. The van der Waals surface area contributed by atoms with E-state index in [1.165, 1.54) is 59.1 Å². The number of halogens is 7. The van der Waals surface area contributed by atoms with Gasteiger partial charge in [-0.15, -0.1) is 0 Å². The molecular weight excluding hydrogens is 1360 g/mol. The molecule has 0 radical (unpaired) electrons. The first kappa shape index (κ1) is 83.4. The van der Waals surface area contributed by atoms with E-state index in [1.807, 2.05) is 0 Å². The van der Waals surface area contributed by atoms with Crippen molar-refractivity contribution in [2.75, 3.05) is 88.6 Å². The van der Waals surface area contributed by atoms with Gasteiger partial charge < -0.3 is 60.0 Å². The number of hydrogen-bond donors (Lipinski definition) is 3. The maximum atomic E-state index is 16.2. The summed E-state index contributed by atoms with van der Waals surface area (Å²) in [5.41, 5.74) is -1.88. The van der Waals surface area contributed by atoms with Gasteiger partial charge in [0.15, 0.2) is 0 Å². The lowest BCUT2D eigenvalue weighted by Gasteiger charge is -2.43. The van der Waals surface area contributed by atoms with Gasteiger partial charge in [-0.3, -0.25) is 57.5 Å². The van der Waals surface area contributed by atoms with Crippen LogP contribution in [0.3, 0.4) is 0 Å². The molecule has 1 spiro atoms. The van der Waals surface area contributed by atoms with E-state index < -0.39 is 232 Å². The van der Waals surface area contributed by atoms with Crippen molar-refractivity contribution >= 4 is 70.9 Å². The number of amides is 12. The number of alkyl halides is 7. The lowest BCUT2D eigenvalue weighted by atomic mass is 9.76. The summed E-state index contributed by atoms with van der Waals surface area (Å²) < 4.78 is 105. The Balaban J connectivity index is 1.29. The summed E-state index contributed by atoms with van der Waals surface area (Å²) in [6.45, 7) is 4.58. The summed E-state index contributed by atoms with van der Waals surface area (Å²) in [4.78, 5) is 188. The van der Waals surface area contributed by atoms with Crippen LogP contribution in [0.4, 0.5) is 30.7 Å². The molecule has 4 saturated carbocycles. The predicted octanol–water partition coefficient (Wildman–Crippen LogP) is 6.02. The first-order valence-corrected chi connectivity index (χ1v) is 37.4. The minimum absolute atomic E-state index is 0.0548. The normalized spacial score (nSPS) is 31.9. The van der Waals surface area contributed by atoms with Gasteiger partial charge in [0.1, 0.15) is 66.1 Å². The first-order valence-electron chi connectivity index (χ1n) is 37.4. The molecular formula is C72H113F7N12O12. The van der Waals surface area contributed by atoms with E-state index in [4.69, 9.17) is 0 Å². The Hall–Kier alpha value is -6.85. The molecule has 103 heavy (non-hydrogen) atoms. The van der Waals surface area contributed by atoms with Gasteiger partial charge in [-0.25, -0.2) is 17.6 Å². The molecule has 10 atom stereocenters. The van der Waals surface area contributed by atoms with Crippen molar-refractivity contribution in [3.05, 3.63) is 0 Å². The third-order valence-corrected chi connectivity index (χ3v) is 23.5. The zero-order valence-electron chi connectivity index (χ0n) is 62.2. The highest BCUT2D eigenvalue weighted by molar-refractivity contribution is 6.01. The Morgan fingerprint density at radius 2 is 1.18 bits per heavy atom. The van der Waals surface area contributed by atoms with Crippen molar-refractivity contribution in [2.24, 2.45) is 35.5 Å². The quantitative estimate of drug-likeness (QED) is 0.201. The van der Waals surface area contributed by atoms with Gasteiger partial charge in [0, 0.05) is 68.8 Å². The number of carbonyl (C=O) groups is 12. The molecule has 3 N–H and O–H groups in total. The van der Waals surface area contributed by atoms with E-state index in [1.54, 1.807) is 25.7 Å². The van der Waals surface area contributed by atoms with Gasteiger partial charge >= 0.3 is 6.18 Å². The second kappa shape index (κ2) is 36.0. The SMILES string of the molecule is CCC[C@H]1C(=O)N[C@@H]([C@@H](C)CC)C(=O)N(C)CC(=O)N(C)CC(=O)N(C)[C@@H](CC2CCC(C)CC2)C(=O)N(C)CC(=O)N[C@@H](CCC2CC(F)C(C(F)(F)F)C(F)C2)C(=O)N2CC(F)(F)C[C@H]2C(=O)NC2(CCCC2)C(=O)N(C)[C@@H](C2CCCCC2)C(=O)N(C)[C@H](C(=O)N2CCCC2)CC(=O)N1C. The number of likely N-dealkylation sites (tertiary alicyclic amines) is 1. The van der Waals surface area contributed by atoms with Gasteiger partial charge in [0.25, 0.3) is 5.92 Å². The lowest BCUT2D eigenvalue weighted by Crippen LogP contribution is -2.65. The smallest absolute Gasteiger partial charge is 0.343 e. The third kappa shape index (κ3) is 20.6. The number of likely N-dealkylation sites (N-methyl/N-ethyl adjacent to an activating group) is 7. The number of carbonyl (C=O) groups excluding carboxylic acids is 12. The maximum Gasteiger partial charge on any atom is 0.397 e. The van der Waals surface area contributed by atoms with Gasteiger partial charge in [0.2, 0.25) is 70.9 Å². The summed E-state index contributed by atoms with van der Waals surface area (Å²) in [5.74, 6) is -18.6. The molecule has 0 aromatic rings. The molecule has 582 valence electrons. The molecule has 24 nitrogen and oxygen atoms in total. The molecule has 2 unspecified atom stereocenters. The van der Waals surface area contributed by atoms with Crippen LogP contribution in [-0.2, 0) is 57.5 Å². The topological polar surface area (TPSA) is 270 Å². The van der Waals surface area contributed by atoms with Crippen LogP contribution in [0, 0.1) is 35.5 Å². The Bertz CT molecular complexity index is 3020. The number of nitrogens with zero attached hydrogens (tertiary/aromatic N) is 9. The van der Waals surface area contributed by atoms with Crippen molar-refractivity contribution in [3.63, 3.8) is 0 Å². The van der Waals surface area contributed by atoms with Crippen LogP contribution in [0.25, 0.3) is 0 Å². The number of nitrogens with one attached hydrogen (secondary N) is 3. The van der Waals surface area contributed by atoms with Crippen LogP contribution < -0.4 is 16.0 Å². The summed E-state index contributed by atoms with van der Waals surface area (Å²) in [6.07, 6.45) is -6.44. The summed E-state index contributed by atoms with van der Waals surface area (Å²) in [7, 11) is 9.39. The summed E-state index contributed by atoms with van der Waals surface area (Å²) in [6, 6.07) is -10.5. The predicted molar refractivity (Wildman–Crippen MR) is 366 cm³/mol. The molecule has 7 rings (SSSR count). The Kier molecular flexibility index (Phi) is 29.1. The Morgan fingerprint density at radius 1 is 0.602 bits per heavy atom. The molecule has 3 saturated heterocycles. The molecule has 7 fully saturated rings. The van der Waals surface area contributed by atoms with E-state index >= 15 is 36.7 Å². The molecule has 0 aromatic carbocycles. The fraction of sp³-hybridized carbons (Fsp3) is 0.833. The molecule has 12 amide bonds. The van der Waals surface area contributed by atoms with Crippen LogP contribution in [-0.4, -0.2) is 276 Å². The highest BCUT2D eigenvalue weighted by atomic mass is 19.4. The third-order valence-electron chi connectivity index (χ3n) is 23.5. The highest BCUT2D eigenvalue weighted by Crippen LogP contribution is 2.45. The van der Waals surface area contributed by atoms with Crippen LogP contribution in [0.5, 0.6) is 0 Å². The average Bonchev–Trinajstić information content (AvgIpc) is 1.53. The lowest BCUT2D eigenvalue weighted by molar-refractivity contribution is -0.219. The van der Waals surface area contributed by atoms with Crippen molar-refractivity contribution in [1.82, 2.24) is 60.0 Å². The highest BCUT2D eigenvalue weighted by Gasteiger charge is 2.57. The molecule has 0 bridgehead atoms. The standard InChI is InChI=1S/C72H113F7N12O12/c1-12-21-51-62(96)81-60(44(4)13-2)67(101)85(7)40-57(94)83(5)41-58(95)87(9)52(36-45-26-24-43(3)25-27-45)65(99)84(6)39-55(92)80-50(29-28-46-34-48(73)59(49(74)35-46)72(77,78)79)64(98)91-42-71(75,76)38-54(91)63(97)82-70(30-17-18-31-70)69(103)89(11)61(47-22-15-14-16-23-47)68(102)88(10)53(37-56(93)86(51)8)66(100)90-32-19-20-33-90/h43-54,59-61H,12-42H2,1-11H3,(H,80,92)(H,81,96)(H,82,97)/t43?,44-,45?,46?,48?,49?,50-,51-,52-,53-,54-,59?,60-,61-/m0/s1. The molecule has 0 aromatic heterocycles. The van der Waals surface area contributed by atoms with Gasteiger partial charge in [-0.1, -0.05) is 98.3 Å². The van der Waals surface area contributed by atoms with Crippen molar-refractivity contribution in [2.45, 2.75) is 260 Å². The number of fused-ring (bicyclic) bond motifs is 1. The van der Waals surface area contributed by atoms with E-state index in [2.05, 4.69) is 22.9 Å². The van der Waals surface area contributed by atoms with Crippen LogP contribution in [0.15, 0.2) is 0 Å². The largest absolute Gasteiger partial charge is 0.397 e. The average molecular weight is 1470 g/mol. The minimum Gasteiger partial charge on any atom is -0.343 e. The number of hydrogen-bond acceptors (Lipinski definition) is 12. The molecule has 3 aliphatic heterocycles. The van der Waals surface area contributed by atoms with Gasteiger partial charge in [-0.05, 0) is 107 Å². The van der Waals surface area contributed by atoms with Gasteiger partial charge in [0.05, 0.1) is 32.6 Å². The Labute approximate surface area is 601 Å². The van der Waals surface area contributed by atoms with E-state index in [9.17, 15) is 51.5 Å². The molecule has 3 heterocycles. The number of rotatable bonds is 11. The fourth-order valence-electron chi connectivity index (χ4n) is 16.7. The summed E-state index contributed by atoms with van der Waals surface area (Å²) >= 11 is 0. The van der Waals surface area contributed by atoms with Crippen molar-refractivity contribution in [1.29, 1.82) is 0 Å². The molecule has 4 aliphatic carbocycles. The first-order chi connectivity index (χ1) is 48.3. The molecule has 31 heteroatoms. The zero-order chi connectivity index (χ0) is 76.3. The van der Waals surface area contributed by atoms with Crippen LogP contribution >= 0.6 is 0 Å². The molecule has 7 aliphatic rings. The second-order valence-electron chi connectivity index (χ2n) is 31.1. The van der Waals surface area contributed by atoms with Gasteiger partial charge in [-0.2, -0.15) is 13.2 Å². The monoisotopic (exact) mass is 1470 g/mol. The van der Waals surface area contributed by atoms with E-state index in [-0.39, 0.29) is 31.6 Å². The van der Waals surface area contributed by atoms with Crippen LogP contribution in [0.2, 0.25) is 0 Å². The maximum absolute atomic E-state index is 16.2.